The summed E-state index contributed by atoms with van der Waals surface area (Å²) in [5.41, 5.74) is 1.62. The predicted molar refractivity (Wildman–Crippen MR) is 155 cm³/mol. The van der Waals surface area contributed by atoms with Gasteiger partial charge in [0.2, 0.25) is 21.8 Å². The molecular formula is C30H43N3O5S. The number of sulfonamides is 1. The standard InChI is InChI=1S/C30H43N3O5S/c1-4-28(30(35)31-25-14-9-6-10-15-25)32(23-21-24-12-7-5-8-13-24)29(34)16-11-22-33(39(3,36)37)26-17-19-27(38-2)20-18-26/h5,7-8,12-13,17-20,25,28H,4,6,9-11,14-16,21-23H2,1-3H3,(H,31,35)/t28-/m1/s1. The summed E-state index contributed by atoms with van der Waals surface area (Å²) < 4.78 is 31.6. The smallest absolute Gasteiger partial charge is 0.243 e. The molecule has 0 bridgehead atoms. The molecule has 2 amide bonds. The van der Waals surface area contributed by atoms with Crippen molar-refractivity contribution >= 4 is 27.5 Å². The van der Waals surface area contributed by atoms with Gasteiger partial charge in [-0.1, -0.05) is 56.5 Å². The van der Waals surface area contributed by atoms with E-state index in [1.54, 1.807) is 36.3 Å². The van der Waals surface area contributed by atoms with Crippen molar-refractivity contribution in [2.75, 3.05) is 30.8 Å². The van der Waals surface area contributed by atoms with Gasteiger partial charge in [0.05, 0.1) is 19.1 Å². The number of nitrogens with one attached hydrogen (secondary N) is 1. The molecule has 0 heterocycles. The maximum atomic E-state index is 13.6. The highest BCUT2D eigenvalue weighted by atomic mass is 32.2. The number of nitrogens with zero attached hydrogens (tertiary/aromatic N) is 2. The number of anilines is 1. The summed E-state index contributed by atoms with van der Waals surface area (Å²) in [5, 5.41) is 3.20. The first kappa shape index (κ1) is 30.5. The summed E-state index contributed by atoms with van der Waals surface area (Å²) in [7, 11) is -2.00. The maximum Gasteiger partial charge on any atom is 0.243 e. The van der Waals surface area contributed by atoms with Gasteiger partial charge in [-0.05, 0) is 61.9 Å². The summed E-state index contributed by atoms with van der Waals surface area (Å²) in [6.45, 7) is 2.52. The summed E-state index contributed by atoms with van der Waals surface area (Å²) in [6, 6.07) is 16.3. The molecule has 1 atom stereocenters. The fourth-order valence-electron chi connectivity index (χ4n) is 5.19. The SMILES string of the molecule is CC[C@H](C(=O)NC1CCCCC1)N(CCc1ccccc1)C(=O)CCCN(c1ccc(OC)cc1)S(C)(=O)=O. The van der Waals surface area contributed by atoms with Crippen molar-refractivity contribution in [3.8, 4) is 5.75 Å². The molecule has 214 valence electrons. The number of benzene rings is 2. The lowest BCUT2D eigenvalue weighted by atomic mass is 9.95. The summed E-state index contributed by atoms with van der Waals surface area (Å²) in [5.74, 6) is 0.398. The van der Waals surface area contributed by atoms with Crippen LogP contribution in [-0.2, 0) is 26.0 Å². The average molecular weight is 558 g/mol. The molecule has 0 radical (unpaired) electrons. The van der Waals surface area contributed by atoms with Crippen molar-refractivity contribution in [1.82, 2.24) is 10.2 Å². The highest BCUT2D eigenvalue weighted by Gasteiger charge is 2.30. The van der Waals surface area contributed by atoms with Gasteiger partial charge in [0.1, 0.15) is 11.8 Å². The number of amides is 2. The van der Waals surface area contributed by atoms with Crippen molar-refractivity contribution in [2.45, 2.75) is 76.8 Å². The number of carbonyl (C=O) groups is 2. The van der Waals surface area contributed by atoms with Crippen LogP contribution in [0.25, 0.3) is 0 Å². The van der Waals surface area contributed by atoms with Gasteiger partial charge in [0.15, 0.2) is 0 Å². The second kappa shape index (κ2) is 14.9. The minimum absolute atomic E-state index is 0.0955. The third-order valence-electron chi connectivity index (χ3n) is 7.33. The Labute approximate surface area is 233 Å². The van der Waals surface area contributed by atoms with E-state index < -0.39 is 16.1 Å². The highest BCUT2D eigenvalue weighted by molar-refractivity contribution is 7.92. The Morgan fingerprint density at radius 1 is 1.00 bits per heavy atom. The van der Waals surface area contributed by atoms with Crippen LogP contribution in [0, 0.1) is 0 Å². The van der Waals surface area contributed by atoms with E-state index in [0.717, 1.165) is 37.5 Å². The number of ether oxygens (including phenoxy) is 1. The van der Waals surface area contributed by atoms with Crippen molar-refractivity contribution in [3.05, 3.63) is 60.2 Å². The molecule has 0 spiro atoms. The molecule has 1 aliphatic carbocycles. The van der Waals surface area contributed by atoms with Crippen molar-refractivity contribution in [2.24, 2.45) is 0 Å². The zero-order chi connectivity index (χ0) is 28.3. The van der Waals surface area contributed by atoms with Crippen LogP contribution in [0.4, 0.5) is 5.69 Å². The minimum Gasteiger partial charge on any atom is -0.497 e. The van der Waals surface area contributed by atoms with E-state index in [4.69, 9.17) is 4.74 Å². The largest absolute Gasteiger partial charge is 0.497 e. The van der Waals surface area contributed by atoms with Crippen LogP contribution in [0.3, 0.4) is 0 Å². The van der Waals surface area contributed by atoms with Gasteiger partial charge < -0.3 is 15.0 Å². The predicted octanol–water partition coefficient (Wildman–Crippen LogP) is 4.54. The van der Waals surface area contributed by atoms with E-state index >= 15 is 0 Å². The van der Waals surface area contributed by atoms with Crippen LogP contribution in [0.5, 0.6) is 5.75 Å². The van der Waals surface area contributed by atoms with Crippen LogP contribution < -0.4 is 14.4 Å². The van der Waals surface area contributed by atoms with Gasteiger partial charge in [0, 0.05) is 25.6 Å². The van der Waals surface area contributed by atoms with E-state index in [1.807, 2.05) is 37.3 Å². The molecule has 2 aromatic carbocycles. The minimum atomic E-state index is -3.55. The lowest BCUT2D eigenvalue weighted by molar-refractivity contribution is -0.141. The lowest BCUT2D eigenvalue weighted by Gasteiger charge is -2.33. The zero-order valence-corrected chi connectivity index (χ0v) is 24.3. The topological polar surface area (TPSA) is 96.0 Å². The number of methoxy groups -OCH3 is 1. The molecule has 1 aliphatic rings. The fraction of sp³-hybridized carbons (Fsp3) is 0.533. The van der Waals surface area contributed by atoms with E-state index in [1.165, 1.54) is 10.7 Å². The number of carbonyl (C=O) groups excluding carboxylic acids is 2. The van der Waals surface area contributed by atoms with Crippen molar-refractivity contribution < 1.29 is 22.7 Å². The molecule has 1 saturated carbocycles. The normalized spacial score (nSPS) is 14.8. The summed E-state index contributed by atoms with van der Waals surface area (Å²) >= 11 is 0. The van der Waals surface area contributed by atoms with Gasteiger partial charge >= 0.3 is 0 Å². The van der Waals surface area contributed by atoms with Crippen molar-refractivity contribution in [1.29, 1.82) is 0 Å². The monoisotopic (exact) mass is 557 g/mol. The molecule has 1 N–H and O–H groups in total. The molecule has 0 saturated heterocycles. The third-order valence-corrected chi connectivity index (χ3v) is 8.53. The quantitative estimate of drug-likeness (QED) is 0.368. The number of hydrogen-bond acceptors (Lipinski definition) is 5. The zero-order valence-electron chi connectivity index (χ0n) is 23.5. The highest BCUT2D eigenvalue weighted by Crippen LogP contribution is 2.23. The molecule has 0 aliphatic heterocycles. The van der Waals surface area contributed by atoms with Crippen LogP contribution in [0.1, 0.15) is 63.9 Å². The Bertz CT molecular complexity index is 1150. The second-order valence-corrected chi connectivity index (χ2v) is 12.1. The third kappa shape index (κ3) is 9.27. The summed E-state index contributed by atoms with van der Waals surface area (Å²) in [4.78, 5) is 28.6. The van der Waals surface area contributed by atoms with E-state index in [0.29, 0.717) is 37.2 Å². The Kier molecular flexibility index (Phi) is 11.7. The first-order valence-corrected chi connectivity index (χ1v) is 15.8. The van der Waals surface area contributed by atoms with Gasteiger partial charge in [-0.2, -0.15) is 0 Å². The van der Waals surface area contributed by atoms with Crippen molar-refractivity contribution in [3.63, 3.8) is 0 Å². The van der Waals surface area contributed by atoms with Crippen LogP contribution in [-0.4, -0.2) is 63.7 Å². The average Bonchev–Trinajstić information content (AvgIpc) is 2.93. The van der Waals surface area contributed by atoms with Crippen LogP contribution in [0.15, 0.2) is 54.6 Å². The maximum absolute atomic E-state index is 13.6. The molecular weight excluding hydrogens is 514 g/mol. The van der Waals surface area contributed by atoms with Crippen LogP contribution >= 0.6 is 0 Å². The summed E-state index contributed by atoms with van der Waals surface area (Å²) in [6.07, 6.45) is 8.18. The molecule has 9 heteroatoms. The first-order valence-electron chi connectivity index (χ1n) is 14.0. The Morgan fingerprint density at radius 3 is 2.26 bits per heavy atom. The van der Waals surface area contributed by atoms with Gasteiger partial charge in [-0.15, -0.1) is 0 Å². The Hall–Kier alpha value is -3.07. The molecule has 0 unspecified atom stereocenters. The van der Waals surface area contributed by atoms with Gasteiger partial charge in [-0.25, -0.2) is 8.42 Å². The molecule has 2 aromatic rings. The number of hydrogen-bond donors (Lipinski definition) is 1. The molecule has 3 rings (SSSR count). The molecule has 8 nitrogen and oxygen atoms in total. The molecule has 0 aromatic heterocycles. The van der Waals surface area contributed by atoms with Gasteiger partial charge in [-0.3, -0.25) is 13.9 Å². The Morgan fingerprint density at radius 2 is 1.67 bits per heavy atom. The van der Waals surface area contributed by atoms with E-state index in [-0.39, 0.29) is 30.8 Å². The fourth-order valence-corrected chi connectivity index (χ4v) is 6.16. The van der Waals surface area contributed by atoms with Crippen LogP contribution in [0.2, 0.25) is 0 Å². The first-order chi connectivity index (χ1) is 18.7. The second-order valence-electron chi connectivity index (χ2n) is 10.2. The van der Waals surface area contributed by atoms with E-state index in [2.05, 4.69) is 5.32 Å². The number of rotatable bonds is 14. The van der Waals surface area contributed by atoms with Gasteiger partial charge in [0.25, 0.3) is 0 Å². The lowest BCUT2D eigenvalue weighted by Crippen LogP contribution is -2.52. The van der Waals surface area contributed by atoms with E-state index in [9.17, 15) is 18.0 Å². The molecule has 39 heavy (non-hydrogen) atoms. The molecule has 1 fully saturated rings. The Balaban J connectivity index is 1.70.